The maximum Gasteiger partial charge on any atom is 0.320 e. The van der Waals surface area contributed by atoms with Gasteiger partial charge in [0.1, 0.15) is 6.04 Å². The Balaban J connectivity index is 1.95. The highest BCUT2D eigenvalue weighted by molar-refractivity contribution is 5.74. The van der Waals surface area contributed by atoms with Gasteiger partial charge in [0.15, 0.2) is 0 Å². The molecule has 0 saturated heterocycles. The lowest BCUT2D eigenvalue weighted by Crippen LogP contribution is -2.38. The molecule has 16 heavy (non-hydrogen) atoms. The van der Waals surface area contributed by atoms with Gasteiger partial charge in [-0.1, -0.05) is 6.07 Å². The molecule has 0 aliphatic heterocycles. The summed E-state index contributed by atoms with van der Waals surface area (Å²) in [5.41, 5.74) is 2.02. The summed E-state index contributed by atoms with van der Waals surface area (Å²) in [5.74, 6) is -0.447. The van der Waals surface area contributed by atoms with E-state index in [0.717, 1.165) is 24.1 Å². The first-order valence-corrected chi connectivity index (χ1v) is 5.55. The van der Waals surface area contributed by atoms with Crippen LogP contribution in [0.3, 0.4) is 0 Å². The quantitative estimate of drug-likeness (QED) is 0.786. The monoisotopic (exact) mass is 220 g/mol. The standard InChI is InChI=1S/C12H16N2O2/c1-8-3-2-6-13-10(8)7-14-11(12(15)16)9-4-5-9/h2-3,6,9,11,14H,4-5,7H2,1H3,(H,15,16). The Morgan fingerprint density at radius 2 is 2.44 bits per heavy atom. The minimum Gasteiger partial charge on any atom is -0.480 e. The Bertz CT molecular complexity index is 388. The van der Waals surface area contributed by atoms with Crippen LogP contribution in [0.2, 0.25) is 0 Å². The maximum absolute atomic E-state index is 11.0. The average Bonchev–Trinajstić information content (AvgIpc) is 3.04. The number of hydrogen-bond acceptors (Lipinski definition) is 3. The van der Waals surface area contributed by atoms with E-state index in [0.29, 0.717) is 12.5 Å². The normalized spacial score (nSPS) is 17.1. The number of carbonyl (C=O) groups is 1. The molecule has 1 aromatic rings. The summed E-state index contributed by atoms with van der Waals surface area (Å²) in [6.45, 7) is 2.51. The lowest BCUT2D eigenvalue weighted by molar-refractivity contribution is -0.140. The molecule has 4 heteroatoms. The Kier molecular flexibility index (Phi) is 3.19. The molecule has 1 fully saturated rings. The average molecular weight is 220 g/mol. The highest BCUT2D eigenvalue weighted by atomic mass is 16.4. The Labute approximate surface area is 94.7 Å². The van der Waals surface area contributed by atoms with E-state index >= 15 is 0 Å². The Morgan fingerprint density at radius 3 is 3.00 bits per heavy atom. The first-order chi connectivity index (χ1) is 7.68. The zero-order chi connectivity index (χ0) is 11.5. The molecule has 0 amide bonds. The molecule has 1 unspecified atom stereocenters. The van der Waals surface area contributed by atoms with Crippen LogP contribution in [0.25, 0.3) is 0 Å². The highest BCUT2D eigenvalue weighted by Crippen LogP contribution is 2.32. The summed E-state index contributed by atoms with van der Waals surface area (Å²) >= 11 is 0. The Hall–Kier alpha value is -1.42. The van der Waals surface area contributed by atoms with Gasteiger partial charge in [-0.15, -0.1) is 0 Å². The van der Waals surface area contributed by atoms with Gasteiger partial charge in [-0.3, -0.25) is 15.1 Å². The van der Waals surface area contributed by atoms with Gasteiger partial charge in [-0.2, -0.15) is 0 Å². The smallest absolute Gasteiger partial charge is 0.320 e. The van der Waals surface area contributed by atoms with Gasteiger partial charge in [0.2, 0.25) is 0 Å². The van der Waals surface area contributed by atoms with Crippen molar-refractivity contribution in [2.45, 2.75) is 32.4 Å². The molecule has 1 aliphatic rings. The first kappa shape index (κ1) is 11.1. The van der Waals surface area contributed by atoms with Gasteiger partial charge in [-0.25, -0.2) is 0 Å². The van der Waals surface area contributed by atoms with E-state index < -0.39 is 12.0 Å². The molecule has 0 aromatic carbocycles. The molecule has 1 aliphatic carbocycles. The second-order valence-electron chi connectivity index (χ2n) is 4.30. The zero-order valence-corrected chi connectivity index (χ0v) is 9.31. The molecule has 0 bridgehead atoms. The summed E-state index contributed by atoms with van der Waals surface area (Å²) in [6, 6.07) is 3.45. The van der Waals surface area contributed by atoms with Crippen LogP contribution in [0.5, 0.6) is 0 Å². The lowest BCUT2D eigenvalue weighted by Gasteiger charge is -2.13. The molecule has 1 aromatic heterocycles. The van der Waals surface area contributed by atoms with Gasteiger partial charge < -0.3 is 5.11 Å². The van der Waals surface area contributed by atoms with E-state index in [1.54, 1.807) is 6.20 Å². The van der Waals surface area contributed by atoms with Gasteiger partial charge >= 0.3 is 5.97 Å². The highest BCUT2D eigenvalue weighted by Gasteiger charge is 2.35. The fourth-order valence-electron chi connectivity index (χ4n) is 1.80. The van der Waals surface area contributed by atoms with Crippen LogP contribution >= 0.6 is 0 Å². The van der Waals surface area contributed by atoms with Crippen molar-refractivity contribution in [3.05, 3.63) is 29.6 Å². The van der Waals surface area contributed by atoms with Gasteiger partial charge in [0.05, 0.1) is 5.69 Å². The van der Waals surface area contributed by atoms with Crippen LogP contribution in [-0.2, 0) is 11.3 Å². The molecule has 1 atom stereocenters. The second-order valence-corrected chi connectivity index (χ2v) is 4.30. The van der Waals surface area contributed by atoms with Gasteiger partial charge in [0.25, 0.3) is 0 Å². The summed E-state index contributed by atoms with van der Waals surface area (Å²) in [4.78, 5) is 15.2. The molecule has 86 valence electrons. The van der Waals surface area contributed by atoms with E-state index in [2.05, 4.69) is 10.3 Å². The Morgan fingerprint density at radius 1 is 1.69 bits per heavy atom. The first-order valence-electron chi connectivity index (χ1n) is 5.55. The SMILES string of the molecule is Cc1cccnc1CNC(C(=O)O)C1CC1. The number of aliphatic carboxylic acids is 1. The minimum atomic E-state index is -0.754. The topological polar surface area (TPSA) is 62.2 Å². The van der Waals surface area contributed by atoms with Crippen molar-refractivity contribution in [3.63, 3.8) is 0 Å². The number of aromatic nitrogens is 1. The van der Waals surface area contributed by atoms with E-state index in [1.165, 1.54) is 0 Å². The second kappa shape index (κ2) is 4.61. The van der Waals surface area contributed by atoms with Crippen molar-refractivity contribution in [2.75, 3.05) is 0 Å². The molecular weight excluding hydrogens is 204 g/mol. The van der Waals surface area contributed by atoms with Crippen LogP contribution < -0.4 is 5.32 Å². The number of aryl methyl sites for hydroxylation is 1. The van der Waals surface area contributed by atoms with Gasteiger partial charge in [0, 0.05) is 12.7 Å². The fourth-order valence-corrected chi connectivity index (χ4v) is 1.80. The minimum absolute atomic E-state index is 0.307. The maximum atomic E-state index is 11.0. The number of nitrogens with one attached hydrogen (secondary N) is 1. The summed E-state index contributed by atoms with van der Waals surface area (Å²) in [6.07, 6.45) is 3.77. The number of rotatable bonds is 5. The molecule has 1 heterocycles. The van der Waals surface area contributed by atoms with Crippen LogP contribution in [-0.4, -0.2) is 22.1 Å². The van der Waals surface area contributed by atoms with E-state index in [9.17, 15) is 4.79 Å². The molecular formula is C12H16N2O2. The van der Waals surface area contributed by atoms with Crippen molar-refractivity contribution in [1.82, 2.24) is 10.3 Å². The number of carboxylic acid groups (broad SMARTS) is 1. The largest absolute Gasteiger partial charge is 0.480 e. The van der Waals surface area contributed by atoms with Crippen LogP contribution in [0, 0.1) is 12.8 Å². The predicted molar refractivity (Wildman–Crippen MR) is 60.0 cm³/mol. The van der Waals surface area contributed by atoms with Crippen molar-refractivity contribution in [1.29, 1.82) is 0 Å². The number of pyridine rings is 1. The molecule has 1 saturated carbocycles. The molecule has 2 rings (SSSR count). The molecule has 0 radical (unpaired) electrons. The van der Waals surface area contributed by atoms with Crippen LogP contribution in [0.1, 0.15) is 24.1 Å². The van der Waals surface area contributed by atoms with Crippen LogP contribution in [0.4, 0.5) is 0 Å². The van der Waals surface area contributed by atoms with E-state index in [4.69, 9.17) is 5.11 Å². The number of carboxylic acids is 1. The molecule has 0 spiro atoms. The van der Waals surface area contributed by atoms with Crippen molar-refractivity contribution < 1.29 is 9.90 Å². The van der Waals surface area contributed by atoms with E-state index in [1.807, 2.05) is 19.1 Å². The van der Waals surface area contributed by atoms with Crippen molar-refractivity contribution >= 4 is 5.97 Å². The molecule has 2 N–H and O–H groups in total. The van der Waals surface area contributed by atoms with Crippen molar-refractivity contribution in [3.8, 4) is 0 Å². The van der Waals surface area contributed by atoms with Gasteiger partial charge in [-0.05, 0) is 37.3 Å². The number of nitrogens with zero attached hydrogens (tertiary/aromatic N) is 1. The summed E-state index contributed by atoms with van der Waals surface area (Å²) < 4.78 is 0. The zero-order valence-electron chi connectivity index (χ0n) is 9.31. The summed E-state index contributed by atoms with van der Waals surface area (Å²) in [7, 11) is 0. The third-order valence-electron chi connectivity index (χ3n) is 2.97. The van der Waals surface area contributed by atoms with E-state index in [-0.39, 0.29) is 0 Å². The fraction of sp³-hybridized carbons (Fsp3) is 0.500. The number of hydrogen-bond donors (Lipinski definition) is 2. The van der Waals surface area contributed by atoms with Crippen LogP contribution in [0.15, 0.2) is 18.3 Å². The predicted octanol–water partition coefficient (Wildman–Crippen LogP) is 1.34. The lowest BCUT2D eigenvalue weighted by atomic mass is 10.1. The summed E-state index contributed by atoms with van der Waals surface area (Å²) in [5, 5.41) is 12.1. The third kappa shape index (κ3) is 2.58. The third-order valence-corrected chi connectivity index (χ3v) is 2.97. The van der Waals surface area contributed by atoms with Crippen molar-refractivity contribution in [2.24, 2.45) is 5.92 Å². The molecule has 4 nitrogen and oxygen atoms in total.